The Morgan fingerprint density at radius 2 is 2.12 bits per heavy atom. The zero-order valence-electron chi connectivity index (χ0n) is 13.6. The number of ether oxygens (including phenoxy) is 3. The number of hydrogen-bond acceptors (Lipinski definition) is 5. The lowest BCUT2D eigenvalue weighted by atomic mass is 10.2. The maximum absolute atomic E-state index is 11.7. The monoisotopic (exact) mass is 353 g/mol. The molecule has 0 aliphatic heterocycles. The summed E-state index contributed by atoms with van der Waals surface area (Å²) < 4.78 is 15.5. The molecule has 1 fully saturated rings. The van der Waals surface area contributed by atoms with Crippen molar-refractivity contribution in [3.05, 3.63) is 28.8 Å². The first-order valence-electron chi connectivity index (χ1n) is 7.68. The number of hydrogen-bond donors (Lipinski definition) is 1. The molecule has 1 saturated carbocycles. The molecular formula is C17H20ClNO5. The van der Waals surface area contributed by atoms with E-state index < -0.39 is 5.97 Å². The fraction of sp³-hybridized carbons (Fsp3) is 0.412. The van der Waals surface area contributed by atoms with Gasteiger partial charge in [-0.2, -0.15) is 0 Å². The van der Waals surface area contributed by atoms with Gasteiger partial charge in [0.05, 0.1) is 18.7 Å². The molecule has 2 rings (SSSR count). The molecule has 7 heteroatoms. The molecule has 0 heterocycles. The third kappa shape index (κ3) is 5.45. The van der Waals surface area contributed by atoms with Crippen LogP contribution in [0.1, 0.15) is 25.3 Å². The van der Waals surface area contributed by atoms with E-state index >= 15 is 0 Å². The van der Waals surface area contributed by atoms with Crippen molar-refractivity contribution in [3.63, 3.8) is 0 Å². The summed E-state index contributed by atoms with van der Waals surface area (Å²) >= 11 is 6.13. The highest BCUT2D eigenvalue weighted by Gasteiger charge is 2.23. The number of halogens is 1. The summed E-state index contributed by atoms with van der Waals surface area (Å²) in [6.07, 6.45) is 4.74. The molecule has 1 amide bonds. The van der Waals surface area contributed by atoms with Gasteiger partial charge in [-0.1, -0.05) is 11.6 Å². The minimum atomic E-state index is -0.606. The molecule has 1 aliphatic rings. The zero-order chi connectivity index (χ0) is 17.5. The Morgan fingerprint density at radius 3 is 2.75 bits per heavy atom. The Bertz CT molecular complexity index is 640. The van der Waals surface area contributed by atoms with E-state index in [4.69, 9.17) is 25.8 Å². The molecule has 24 heavy (non-hydrogen) atoms. The summed E-state index contributed by atoms with van der Waals surface area (Å²) in [4.78, 5) is 23.1. The highest BCUT2D eigenvalue weighted by atomic mass is 35.5. The molecule has 1 aromatic rings. The van der Waals surface area contributed by atoms with E-state index in [0.29, 0.717) is 28.7 Å². The lowest BCUT2D eigenvalue weighted by Crippen LogP contribution is -2.30. The summed E-state index contributed by atoms with van der Waals surface area (Å²) in [6, 6.07) is 3.59. The number of esters is 1. The second-order valence-corrected chi connectivity index (χ2v) is 5.66. The first-order chi connectivity index (χ1) is 11.5. The number of rotatable bonds is 8. The normalized spacial score (nSPS) is 13.6. The topological polar surface area (TPSA) is 73.9 Å². The molecule has 0 atom stereocenters. The van der Waals surface area contributed by atoms with Crippen molar-refractivity contribution in [2.75, 3.05) is 20.3 Å². The number of carbonyl (C=O) groups excluding carboxylic acids is 2. The second kappa shape index (κ2) is 8.59. The van der Waals surface area contributed by atoms with Crippen LogP contribution in [0.15, 0.2) is 18.2 Å². The van der Waals surface area contributed by atoms with E-state index in [1.807, 2.05) is 6.92 Å². The van der Waals surface area contributed by atoms with Crippen LogP contribution in [0.3, 0.4) is 0 Å². The molecule has 0 aromatic heterocycles. The summed E-state index contributed by atoms with van der Waals surface area (Å²) in [5.41, 5.74) is 0.656. The molecule has 130 valence electrons. The molecule has 0 bridgehead atoms. The van der Waals surface area contributed by atoms with Gasteiger partial charge in [-0.05, 0) is 43.5 Å². The van der Waals surface area contributed by atoms with Gasteiger partial charge in [-0.3, -0.25) is 4.79 Å². The highest BCUT2D eigenvalue weighted by molar-refractivity contribution is 6.32. The van der Waals surface area contributed by atoms with Gasteiger partial charge < -0.3 is 19.5 Å². The van der Waals surface area contributed by atoms with Crippen LogP contribution in [0, 0.1) is 0 Å². The van der Waals surface area contributed by atoms with E-state index in [0.717, 1.165) is 12.8 Å². The largest absolute Gasteiger partial charge is 0.491 e. The number of amides is 1. The highest BCUT2D eigenvalue weighted by Crippen LogP contribution is 2.36. The van der Waals surface area contributed by atoms with Crippen molar-refractivity contribution in [2.24, 2.45) is 0 Å². The average Bonchev–Trinajstić information content (AvgIpc) is 3.35. The number of carbonyl (C=O) groups is 2. The number of nitrogens with one attached hydrogen (secondary N) is 1. The Kier molecular flexibility index (Phi) is 6.49. The number of methoxy groups -OCH3 is 1. The van der Waals surface area contributed by atoms with Gasteiger partial charge in [0.25, 0.3) is 5.91 Å². The maximum Gasteiger partial charge on any atom is 0.331 e. The molecule has 1 aromatic carbocycles. The smallest absolute Gasteiger partial charge is 0.331 e. The predicted molar refractivity (Wildman–Crippen MR) is 90.3 cm³/mol. The van der Waals surface area contributed by atoms with Gasteiger partial charge in [0.2, 0.25) is 0 Å². The van der Waals surface area contributed by atoms with Crippen LogP contribution in [-0.2, 0) is 14.3 Å². The van der Waals surface area contributed by atoms with Gasteiger partial charge >= 0.3 is 5.97 Å². The quantitative estimate of drug-likeness (QED) is 0.574. The molecule has 0 saturated heterocycles. The maximum atomic E-state index is 11.7. The van der Waals surface area contributed by atoms with Crippen LogP contribution in [0.5, 0.6) is 11.5 Å². The van der Waals surface area contributed by atoms with Crippen molar-refractivity contribution >= 4 is 29.6 Å². The predicted octanol–water partition coefficient (Wildman–Crippen LogP) is 2.58. The van der Waals surface area contributed by atoms with E-state index in [2.05, 4.69) is 5.32 Å². The van der Waals surface area contributed by atoms with Gasteiger partial charge in [0.15, 0.2) is 18.1 Å². The van der Waals surface area contributed by atoms with Crippen LogP contribution < -0.4 is 14.8 Å². The average molecular weight is 354 g/mol. The Morgan fingerprint density at radius 1 is 1.38 bits per heavy atom. The minimum Gasteiger partial charge on any atom is -0.491 e. The minimum absolute atomic E-state index is 0.241. The van der Waals surface area contributed by atoms with Gasteiger partial charge in [0, 0.05) is 12.1 Å². The molecule has 0 spiro atoms. The van der Waals surface area contributed by atoms with E-state index in [-0.39, 0.29) is 18.6 Å². The molecule has 0 unspecified atom stereocenters. The fourth-order valence-electron chi connectivity index (χ4n) is 1.99. The lowest BCUT2D eigenvalue weighted by molar-refractivity contribution is -0.143. The summed E-state index contributed by atoms with van der Waals surface area (Å²) in [5, 5.41) is 3.11. The van der Waals surface area contributed by atoms with E-state index in [9.17, 15) is 9.59 Å². The Labute approximate surface area is 145 Å². The second-order valence-electron chi connectivity index (χ2n) is 5.25. The van der Waals surface area contributed by atoms with Crippen molar-refractivity contribution < 1.29 is 23.8 Å². The first-order valence-corrected chi connectivity index (χ1v) is 8.05. The fourth-order valence-corrected chi connectivity index (χ4v) is 2.29. The first kappa shape index (κ1) is 18.1. The van der Waals surface area contributed by atoms with Crippen LogP contribution in [0.25, 0.3) is 6.08 Å². The SMILES string of the molecule is CCOc1cc(/C=C/C(=O)OCC(=O)NC2CC2)cc(Cl)c1OC. The molecule has 1 N–H and O–H groups in total. The molecule has 0 radical (unpaired) electrons. The summed E-state index contributed by atoms with van der Waals surface area (Å²) in [7, 11) is 1.50. The molecular weight excluding hydrogens is 334 g/mol. The standard InChI is InChI=1S/C17H20ClNO5/c1-3-23-14-9-11(8-13(18)17(14)22-2)4-7-16(21)24-10-15(20)19-12-5-6-12/h4,7-9,12H,3,5-6,10H2,1-2H3,(H,19,20)/b7-4+. The third-order valence-electron chi connectivity index (χ3n) is 3.24. The van der Waals surface area contributed by atoms with E-state index in [1.165, 1.54) is 19.3 Å². The van der Waals surface area contributed by atoms with Gasteiger partial charge in [-0.15, -0.1) is 0 Å². The van der Waals surface area contributed by atoms with Crippen molar-refractivity contribution in [1.82, 2.24) is 5.32 Å². The summed E-state index contributed by atoms with van der Waals surface area (Å²) in [6.45, 7) is 2.02. The van der Waals surface area contributed by atoms with Crippen molar-refractivity contribution in [2.45, 2.75) is 25.8 Å². The Hall–Kier alpha value is -2.21. The van der Waals surface area contributed by atoms with E-state index in [1.54, 1.807) is 12.1 Å². The van der Waals surface area contributed by atoms with Crippen LogP contribution in [0.4, 0.5) is 0 Å². The Balaban J connectivity index is 1.94. The lowest BCUT2D eigenvalue weighted by Gasteiger charge is -2.11. The van der Waals surface area contributed by atoms with Crippen LogP contribution >= 0.6 is 11.6 Å². The van der Waals surface area contributed by atoms with Crippen molar-refractivity contribution in [3.8, 4) is 11.5 Å². The van der Waals surface area contributed by atoms with Gasteiger partial charge in [0.1, 0.15) is 0 Å². The molecule has 1 aliphatic carbocycles. The molecule has 6 nitrogen and oxygen atoms in total. The number of benzene rings is 1. The van der Waals surface area contributed by atoms with Gasteiger partial charge in [-0.25, -0.2) is 4.79 Å². The van der Waals surface area contributed by atoms with Crippen LogP contribution in [0.2, 0.25) is 5.02 Å². The summed E-state index contributed by atoms with van der Waals surface area (Å²) in [5.74, 6) is 0.0375. The third-order valence-corrected chi connectivity index (χ3v) is 3.52. The van der Waals surface area contributed by atoms with Crippen LogP contribution in [-0.4, -0.2) is 38.2 Å². The zero-order valence-corrected chi connectivity index (χ0v) is 14.4. The van der Waals surface area contributed by atoms with Crippen molar-refractivity contribution in [1.29, 1.82) is 0 Å².